The number of hydrogen-bond acceptors (Lipinski definition) is 5. The number of carbonyl (C=O) groups is 2. The van der Waals surface area contributed by atoms with Crippen LogP contribution in [0.2, 0.25) is 0 Å². The molecule has 0 spiro atoms. The van der Waals surface area contributed by atoms with Gasteiger partial charge in [0, 0.05) is 24.4 Å². The number of benzene rings is 1. The third kappa shape index (κ3) is 4.12. The van der Waals surface area contributed by atoms with Crippen molar-refractivity contribution in [3.05, 3.63) is 35.4 Å². The zero-order valence-corrected chi connectivity index (χ0v) is 17.4. The van der Waals surface area contributed by atoms with Crippen LogP contribution in [0.25, 0.3) is 0 Å². The molecule has 152 valence electrons. The number of nitrogens with zero attached hydrogens (tertiary/aromatic N) is 2. The van der Waals surface area contributed by atoms with Crippen molar-refractivity contribution in [2.45, 2.75) is 57.0 Å². The lowest BCUT2D eigenvalue weighted by atomic mass is 9.80. The minimum Gasteiger partial charge on any atom is -0.325 e. The third-order valence-corrected chi connectivity index (χ3v) is 7.12. The number of nitriles is 1. The molecular formula is C23H27N3O2S. The number of Topliss-reactive ketones (excluding diaryl/α,β-unsaturated/α-hetero) is 1. The number of thiocarbonyl (C=S) groups is 1. The van der Waals surface area contributed by atoms with Gasteiger partial charge >= 0.3 is 0 Å². The molecule has 0 saturated carbocycles. The monoisotopic (exact) mass is 409 g/mol. The summed E-state index contributed by atoms with van der Waals surface area (Å²) in [7, 11) is 0. The smallest absolute Gasteiger partial charge is 0.241 e. The summed E-state index contributed by atoms with van der Waals surface area (Å²) in [5.74, 6) is -0.0930. The van der Waals surface area contributed by atoms with Gasteiger partial charge in [0.25, 0.3) is 0 Å². The van der Waals surface area contributed by atoms with Crippen molar-refractivity contribution < 1.29 is 9.59 Å². The molecule has 2 heterocycles. The van der Waals surface area contributed by atoms with E-state index < -0.39 is 12.0 Å². The van der Waals surface area contributed by atoms with Crippen LogP contribution in [-0.2, 0) is 22.4 Å². The van der Waals surface area contributed by atoms with Gasteiger partial charge in [-0.15, -0.1) is 0 Å². The third-order valence-electron chi connectivity index (χ3n) is 6.72. The molecule has 1 unspecified atom stereocenters. The van der Waals surface area contributed by atoms with Crippen LogP contribution < -0.4 is 5.32 Å². The molecular weight excluding hydrogens is 382 g/mol. The number of hydrogen-bond donors (Lipinski definition) is 1. The first-order chi connectivity index (χ1) is 14.1. The summed E-state index contributed by atoms with van der Waals surface area (Å²) in [5.41, 5.74) is 2.83. The van der Waals surface area contributed by atoms with Crippen LogP contribution in [0.4, 0.5) is 0 Å². The Hall–Kier alpha value is -2.10. The molecule has 3 aliphatic rings. The van der Waals surface area contributed by atoms with E-state index in [0.29, 0.717) is 36.7 Å². The Morgan fingerprint density at radius 3 is 2.83 bits per heavy atom. The molecule has 4 rings (SSSR count). The fourth-order valence-corrected chi connectivity index (χ4v) is 5.44. The number of likely N-dealkylation sites (tertiary alicyclic amines) is 1. The molecule has 1 aromatic carbocycles. The van der Waals surface area contributed by atoms with Gasteiger partial charge in [-0.25, -0.2) is 0 Å². The second-order valence-corrected chi connectivity index (χ2v) is 9.03. The Labute approximate surface area is 177 Å². The van der Waals surface area contributed by atoms with Crippen LogP contribution in [0.1, 0.15) is 43.2 Å². The van der Waals surface area contributed by atoms with Crippen LogP contribution >= 0.6 is 12.2 Å². The molecule has 0 bridgehead atoms. The average molecular weight is 410 g/mol. The summed E-state index contributed by atoms with van der Waals surface area (Å²) in [6.07, 6.45) is 6.06. The molecule has 6 heteroatoms. The highest BCUT2D eigenvalue weighted by atomic mass is 32.1. The van der Waals surface area contributed by atoms with E-state index in [1.54, 1.807) is 4.90 Å². The predicted octanol–water partition coefficient (Wildman–Crippen LogP) is 2.61. The van der Waals surface area contributed by atoms with E-state index in [4.69, 9.17) is 12.2 Å². The first kappa shape index (κ1) is 20.2. The molecule has 1 N–H and O–H groups in total. The van der Waals surface area contributed by atoms with Crippen LogP contribution in [0, 0.1) is 23.2 Å². The Morgan fingerprint density at radius 2 is 2.03 bits per heavy atom. The molecule has 2 saturated heterocycles. The Kier molecular flexibility index (Phi) is 6.07. The van der Waals surface area contributed by atoms with Gasteiger partial charge in [-0.2, -0.15) is 5.26 Å². The van der Waals surface area contributed by atoms with E-state index in [9.17, 15) is 14.9 Å². The van der Waals surface area contributed by atoms with Gasteiger partial charge in [-0.3, -0.25) is 9.59 Å². The number of carbonyl (C=O) groups excluding carboxylic acids is 2. The molecule has 0 radical (unpaired) electrons. The van der Waals surface area contributed by atoms with Gasteiger partial charge in [0.05, 0.1) is 12.0 Å². The van der Waals surface area contributed by atoms with E-state index in [1.807, 2.05) is 0 Å². The summed E-state index contributed by atoms with van der Waals surface area (Å²) in [5, 5.41) is 12.4. The fraction of sp³-hybridized carbons (Fsp3) is 0.565. The van der Waals surface area contributed by atoms with Crippen LogP contribution in [0.5, 0.6) is 0 Å². The van der Waals surface area contributed by atoms with Crippen LogP contribution in [0.15, 0.2) is 24.3 Å². The number of rotatable bonds is 5. The predicted molar refractivity (Wildman–Crippen MR) is 114 cm³/mol. The molecule has 5 nitrogen and oxygen atoms in total. The number of nitrogens with one attached hydrogen (secondary N) is 1. The normalized spacial score (nSPS) is 28.8. The quantitative estimate of drug-likeness (QED) is 0.757. The molecule has 1 amide bonds. The van der Waals surface area contributed by atoms with Crippen molar-refractivity contribution >= 4 is 28.8 Å². The standard InChI is InChI=1S/C23H27N3O2S/c24-13-18-6-3-11-26(18)23(28)22-21(20(29)14-25-22)19(27)10-8-15-7-9-16-4-1-2-5-17(16)12-15/h1-2,4-5,15,18,21-22,25H,3,6-12,14H2/t15-,18-,21?,22-/m0/s1. The number of ketones is 1. The van der Waals surface area contributed by atoms with E-state index in [1.165, 1.54) is 11.1 Å². The lowest BCUT2D eigenvalue weighted by Gasteiger charge is -2.27. The summed E-state index contributed by atoms with van der Waals surface area (Å²) < 4.78 is 0. The molecule has 4 atom stereocenters. The zero-order chi connectivity index (χ0) is 20.4. The number of amides is 1. The average Bonchev–Trinajstić information content (AvgIpc) is 3.37. The summed E-state index contributed by atoms with van der Waals surface area (Å²) >= 11 is 5.45. The maximum Gasteiger partial charge on any atom is 0.241 e. The van der Waals surface area contributed by atoms with Crippen molar-refractivity contribution in [2.24, 2.45) is 11.8 Å². The molecule has 1 aliphatic carbocycles. The van der Waals surface area contributed by atoms with Gasteiger partial charge in [0.1, 0.15) is 17.9 Å². The Bertz CT molecular complexity index is 862. The summed E-state index contributed by atoms with van der Waals surface area (Å²) in [6.45, 7) is 1.01. The van der Waals surface area contributed by atoms with Crippen molar-refractivity contribution in [1.82, 2.24) is 10.2 Å². The maximum absolute atomic E-state index is 13.1. The molecule has 1 aromatic rings. The van der Waals surface area contributed by atoms with E-state index >= 15 is 0 Å². The van der Waals surface area contributed by atoms with Gasteiger partial charge in [0.15, 0.2) is 0 Å². The largest absolute Gasteiger partial charge is 0.325 e. The topological polar surface area (TPSA) is 73.2 Å². The highest BCUT2D eigenvalue weighted by Crippen LogP contribution is 2.30. The highest BCUT2D eigenvalue weighted by molar-refractivity contribution is 7.80. The van der Waals surface area contributed by atoms with Crippen LogP contribution in [-0.4, -0.2) is 46.6 Å². The maximum atomic E-state index is 13.1. The molecule has 0 aromatic heterocycles. The minimum absolute atomic E-state index is 0.0740. The Balaban J connectivity index is 1.37. The van der Waals surface area contributed by atoms with Crippen LogP contribution in [0.3, 0.4) is 0 Å². The van der Waals surface area contributed by atoms with Gasteiger partial charge in [-0.1, -0.05) is 36.5 Å². The highest BCUT2D eigenvalue weighted by Gasteiger charge is 2.44. The van der Waals surface area contributed by atoms with Crippen molar-refractivity contribution in [2.75, 3.05) is 13.1 Å². The number of fused-ring (bicyclic) bond motifs is 1. The first-order valence-electron chi connectivity index (χ1n) is 10.6. The van der Waals surface area contributed by atoms with E-state index in [2.05, 4.69) is 35.7 Å². The number of aryl methyl sites for hydroxylation is 1. The molecule has 2 fully saturated rings. The SMILES string of the molecule is N#C[C@@H]1CCCN1C(=O)[C@H]1NCC(=S)C1C(=O)CC[C@@H]1CCc2ccccc2C1. The summed E-state index contributed by atoms with van der Waals surface area (Å²) in [4.78, 5) is 28.3. The van der Waals surface area contributed by atoms with E-state index in [0.717, 1.165) is 32.1 Å². The molecule has 2 aliphatic heterocycles. The molecule has 29 heavy (non-hydrogen) atoms. The zero-order valence-electron chi connectivity index (χ0n) is 16.6. The van der Waals surface area contributed by atoms with Crippen molar-refractivity contribution in [3.8, 4) is 6.07 Å². The summed E-state index contributed by atoms with van der Waals surface area (Å²) in [6, 6.07) is 9.79. The fourth-order valence-electron chi connectivity index (χ4n) is 5.08. The van der Waals surface area contributed by atoms with Crippen molar-refractivity contribution in [1.29, 1.82) is 5.26 Å². The van der Waals surface area contributed by atoms with Gasteiger partial charge in [-0.05, 0) is 55.6 Å². The van der Waals surface area contributed by atoms with Gasteiger partial charge in [0.2, 0.25) is 5.91 Å². The lowest BCUT2D eigenvalue weighted by Crippen LogP contribution is -2.49. The lowest BCUT2D eigenvalue weighted by molar-refractivity contribution is -0.136. The van der Waals surface area contributed by atoms with E-state index in [-0.39, 0.29) is 17.7 Å². The van der Waals surface area contributed by atoms with Crippen molar-refractivity contribution in [3.63, 3.8) is 0 Å². The Morgan fingerprint density at radius 1 is 1.24 bits per heavy atom. The first-order valence-corrected chi connectivity index (χ1v) is 11.0. The second kappa shape index (κ2) is 8.73. The van der Waals surface area contributed by atoms with Gasteiger partial charge < -0.3 is 10.2 Å². The second-order valence-electron chi connectivity index (χ2n) is 8.50. The minimum atomic E-state index is -0.601.